The van der Waals surface area contributed by atoms with Crippen LogP contribution in [0.1, 0.15) is 55.8 Å². The third-order valence-electron chi connectivity index (χ3n) is 5.72. The Hall–Kier alpha value is -2.09. The van der Waals surface area contributed by atoms with E-state index in [1.807, 2.05) is 6.92 Å². The summed E-state index contributed by atoms with van der Waals surface area (Å²) >= 11 is 0. The van der Waals surface area contributed by atoms with Gasteiger partial charge in [0.1, 0.15) is 5.82 Å². The van der Waals surface area contributed by atoms with Gasteiger partial charge in [0.15, 0.2) is 0 Å². The van der Waals surface area contributed by atoms with Crippen LogP contribution < -0.4 is 5.32 Å². The van der Waals surface area contributed by atoms with E-state index >= 15 is 0 Å². The Labute approximate surface area is 150 Å². The lowest BCUT2D eigenvalue weighted by molar-refractivity contribution is -0.387. The number of nitro groups is 1. The van der Waals surface area contributed by atoms with Crippen LogP contribution in [0.15, 0.2) is 12.1 Å². The third kappa shape index (κ3) is 3.18. The van der Waals surface area contributed by atoms with Crippen molar-refractivity contribution in [3.8, 4) is 0 Å². The molecule has 1 spiro atoms. The van der Waals surface area contributed by atoms with E-state index in [0.29, 0.717) is 25.2 Å². The number of nitro benzene ring substituents is 1. The Morgan fingerprint density at radius 2 is 2.00 bits per heavy atom. The van der Waals surface area contributed by atoms with E-state index in [-0.39, 0.29) is 17.6 Å². The molecule has 2 fully saturated rings. The zero-order valence-electron chi connectivity index (χ0n) is 14.6. The highest BCUT2D eigenvalue weighted by molar-refractivity contribution is 5.95. The number of nitrogens with zero attached hydrogens (tertiary/aromatic N) is 1. The molecule has 3 rings (SSSR count). The van der Waals surface area contributed by atoms with Gasteiger partial charge >= 0.3 is 5.69 Å². The number of benzene rings is 1. The fourth-order valence-corrected chi connectivity index (χ4v) is 4.35. The number of halogens is 2. The monoisotopic (exact) mass is 368 g/mol. The molecule has 8 heteroatoms. The average molecular weight is 368 g/mol. The van der Waals surface area contributed by atoms with Gasteiger partial charge in [0, 0.05) is 18.1 Å². The van der Waals surface area contributed by atoms with E-state index in [4.69, 9.17) is 4.74 Å². The molecule has 0 bridgehead atoms. The molecular formula is C18H22F2N2O4. The van der Waals surface area contributed by atoms with Gasteiger partial charge in [0.05, 0.1) is 22.7 Å². The van der Waals surface area contributed by atoms with Gasteiger partial charge < -0.3 is 10.1 Å². The van der Waals surface area contributed by atoms with Crippen molar-refractivity contribution >= 4 is 11.6 Å². The van der Waals surface area contributed by atoms with E-state index in [1.54, 1.807) is 0 Å². The van der Waals surface area contributed by atoms with Crippen molar-refractivity contribution in [3.63, 3.8) is 0 Å². The minimum absolute atomic E-state index is 0.0662. The van der Waals surface area contributed by atoms with Crippen molar-refractivity contribution in [3.05, 3.63) is 39.4 Å². The van der Waals surface area contributed by atoms with Crippen LogP contribution >= 0.6 is 0 Å². The van der Waals surface area contributed by atoms with Gasteiger partial charge in [-0.3, -0.25) is 14.9 Å². The van der Waals surface area contributed by atoms with Gasteiger partial charge in [-0.1, -0.05) is 19.3 Å². The van der Waals surface area contributed by atoms with Gasteiger partial charge in [-0.2, -0.15) is 4.39 Å². The summed E-state index contributed by atoms with van der Waals surface area (Å²) in [5.74, 6) is -3.08. The molecule has 0 aliphatic heterocycles. The Balaban J connectivity index is 1.77. The Kier molecular flexibility index (Phi) is 5.22. The van der Waals surface area contributed by atoms with E-state index in [2.05, 4.69) is 5.32 Å². The molecular weight excluding hydrogens is 346 g/mol. The molecule has 1 N–H and O–H groups in total. The summed E-state index contributed by atoms with van der Waals surface area (Å²) in [6.45, 7) is 2.52. The highest BCUT2D eigenvalue weighted by Crippen LogP contribution is 2.53. The van der Waals surface area contributed by atoms with Crippen molar-refractivity contribution in [2.45, 2.75) is 57.6 Å². The van der Waals surface area contributed by atoms with Crippen LogP contribution in [0.25, 0.3) is 0 Å². The lowest BCUT2D eigenvalue weighted by Gasteiger charge is -2.57. The predicted molar refractivity (Wildman–Crippen MR) is 89.8 cm³/mol. The summed E-state index contributed by atoms with van der Waals surface area (Å²) in [5, 5.41) is 13.5. The zero-order valence-corrected chi connectivity index (χ0v) is 14.6. The highest BCUT2D eigenvalue weighted by atomic mass is 19.1. The van der Waals surface area contributed by atoms with Crippen LogP contribution in [0.4, 0.5) is 14.5 Å². The first-order valence-corrected chi connectivity index (χ1v) is 8.95. The van der Waals surface area contributed by atoms with Crippen LogP contribution in [-0.2, 0) is 4.74 Å². The average Bonchev–Trinajstić information content (AvgIpc) is 2.62. The van der Waals surface area contributed by atoms with Gasteiger partial charge in [0.25, 0.3) is 5.91 Å². The number of hydrogen-bond acceptors (Lipinski definition) is 4. The van der Waals surface area contributed by atoms with Gasteiger partial charge in [-0.15, -0.1) is 0 Å². The number of nitrogens with one attached hydrogen (secondary N) is 1. The van der Waals surface area contributed by atoms with Crippen molar-refractivity contribution < 1.29 is 23.2 Å². The molecule has 2 aliphatic carbocycles. The lowest BCUT2D eigenvalue weighted by Crippen LogP contribution is -2.65. The predicted octanol–water partition coefficient (Wildman–Crippen LogP) is 3.73. The smallest absolute Gasteiger partial charge is 0.307 e. The molecule has 1 amide bonds. The number of rotatable bonds is 5. The molecule has 2 unspecified atom stereocenters. The Morgan fingerprint density at radius 1 is 1.31 bits per heavy atom. The minimum Gasteiger partial charge on any atom is -0.378 e. The van der Waals surface area contributed by atoms with Crippen LogP contribution in [0.2, 0.25) is 0 Å². The molecule has 1 aromatic carbocycles. The van der Waals surface area contributed by atoms with Crippen LogP contribution in [-0.4, -0.2) is 29.6 Å². The molecule has 0 radical (unpaired) electrons. The van der Waals surface area contributed by atoms with Crippen LogP contribution in [0.3, 0.4) is 0 Å². The molecule has 0 heterocycles. The summed E-state index contributed by atoms with van der Waals surface area (Å²) in [6.07, 6.45) is 5.81. The standard InChI is InChI=1S/C18H22F2N2O4/c1-2-26-16-10-15(18(16)6-4-3-5-7-18)21-17(23)11-8-13(20)14(22(24)25)9-12(11)19/h8-9,15-16H,2-7,10H2,1H3,(H,21,23). The van der Waals surface area contributed by atoms with Crippen molar-refractivity contribution in [1.29, 1.82) is 0 Å². The molecule has 2 saturated carbocycles. The summed E-state index contributed by atoms with van der Waals surface area (Å²) < 4.78 is 33.7. The molecule has 1 aromatic rings. The second kappa shape index (κ2) is 7.26. The maximum atomic E-state index is 14.1. The topological polar surface area (TPSA) is 81.5 Å². The second-order valence-corrected chi connectivity index (χ2v) is 7.04. The highest BCUT2D eigenvalue weighted by Gasteiger charge is 2.56. The van der Waals surface area contributed by atoms with Gasteiger partial charge in [0.2, 0.25) is 5.82 Å². The first-order valence-electron chi connectivity index (χ1n) is 8.95. The van der Waals surface area contributed by atoms with E-state index in [0.717, 1.165) is 32.1 Å². The maximum absolute atomic E-state index is 14.1. The largest absolute Gasteiger partial charge is 0.378 e. The van der Waals surface area contributed by atoms with Crippen LogP contribution in [0, 0.1) is 27.2 Å². The van der Waals surface area contributed by atoms with Crippen LogP contribution in [0.5, 0.6) is 0 Å². The fraction of sp³-hybridized carbons (Fsp3) is 0.611. The maximum Gasteiger partial charge on any atom is 0.307 e. The van der Waals surface area contributed by atoms with E-state index in [9.17, 15) is 23.7 Å². The lowest BCUT2D eigenvalue weighted by atomic mass is 9.55. The first-order chi connectivity index (χ1) is 12.4. The normalized spacial score (nSPS) is 24.1. The number of ether oxygens (including phenoxy) is 1. The van der Waals surface area contributed by atoms with Crippen molar-refractivity contribution in [1.82, 2.24) is 5.32 Å². The van der Waals surface area contributed by atoms with Crippen molar-refractivity contribution in [2.24, 2.45) is 5.41 Å². The quantitative estimate of drug-likeness (QED) is 0.634. The molecule has 6 nitrogen and oxygen atoms in total. The number of carbonyl (C=O) groups excluding carboxylic acids is 1. The molecule has 26 heavy (non-hydrogen) atoms. The van der Waals surface area contributed by atoms with Crippen molar-refractivity contribution in [2.75, 3.05) is 6.61 Å². The molecule has 2 atom stereocenters. The van der Waals surface area contributed by atoms with E-state index < -0.39 is 33.7 Å². The molecule has 0 saturated heterocycles. The van der Waals surface area contributed by atoms with E-state index in [1.165, 1.54) is 0 Å². The molecule has 2 aliphatic rings. The molecule has 142 valence electrons. The summed E-state index contributed by atoms with van der Waals surface area (Å²) in [7, 11) is 0. The SMILES string of the molecule is CCOC1CC(NC(=O)c2cc(F)c([N+](=O)[O-])cc2F)C12CCCCC2. The Bertz CT molecular complexity index is 719. The third-order valence-corrected chi connectivity index (χ3v) is 5.72. The zero-order chi connectivity index (χ0) is 18.9. The molecule has 0 aromatic heterocycles. The van der Waals surface area contributed by atoms with Gasteiger partial charge in [-0.25, -0.2) is 4.39 Å². The number of carbonyl (C=O) groups is 1. The Morgan fingerprint density at radius 3 is 2.62 bits per heavy atom. The first kappa shape index (κ1) is 18.7. The number of hydrogen-bond donors (Lipinski definition) is 1. The second-order valence-electron chi connectivity index (χ2n) is 7.04. The minimum atomic E-state index is -1.23. The summed E-state index contributed by atoms with van der Waals surface area (Å²) in [6, 6.07) is 0.879. The fourth-order valence-electron chi connectivity index (χ4n) is 4.35. The summed E-state index contributed by atoms with van der Waals surface area (Å²) in [4.78, 5) is 22.1. The number of amides is 1. The van der Waals surface area contributed by atoms with Gasteiger partial charge in [-0.05, 0) is 32.3 Å². The summed E-state index contributed by atoms with van der Waals surface area (Å²) in [5.41, 5.74) is -1.65.